The molecule has 0 saturated heterocycles. The smallest absolute Gasteiger partial charge is 0.416 e. The zero-order chi connectivity index (χ0) is 15.5. The SMILES string of the molecule is O=C(O)Cc1cccc(Oc2cc(C(F)(F)F)ccn2)c1. The molecule has 21 heavy (non-hydrogen) atoms. The maximum Gasteiger partial charge on any atom is 0.416 e. The molecule has 1 aromatic heterocycles. The lowest BCUT2D eigenvalue weighted by atomic mass is 10.1. The van der Waals surface area contributed by atoms with Crippen molar-refractivity contribution in [1.82, 2.24) is 4.98 Å². The number of aromatic nitrogens is 1. The summed E-state index contributed by atoms with van der Waals surface area (Å²) in [5.41, 5.74) is -0.388. The summed E-state index contributed by atoms with van der Waals surface area (Å²) in [5, 5.41) is 8.70. The number of carbonyl (C=O) groups is 1. The second-order valence-electron chi connectivity index (χ2n) is 4.20. The van der Waals surface area contributed by atoms with Crippen LogP contribution in [0.4, 0.5) is 13.2 Å². The third-order valence-corrected chi connectivity index (χ3v) is 2.54. The van der Waals surface area contributed by atoms with Gasteiger partial charge in [0, 0.05) is 12.3 Å². The molecular weight excluding hydrogens is 287 g/mol. The molecule has 7 heteroatoms. The normalized spacial score (nSPS) is 11.2. The van der Waals surface area contributed by atoms with E-state index in [0.717, 1.165) is 18.3 Å². The zero-order valence-electron chi connectivity index (χ0n) is 10.6. The summed E-state index contributed by atoms with van der Waals surface area (Å²) >= 11 is 0. The van der Waals surface area contributed by atoms with Gasteiger partial charge in [-0.2, -0.15) is 13.2 Å². The summed E-state index contributed by atoms with van der Waals surface area (Å²) in [6.07, 6.45) is -3.68. The molecule has 0 amide bonds. The van der Waals surface area contributed by atoms with Crippen LogP contribution in [0.3, 0.4) is 0 Å². The Hall–Kier alpha value is -2.57. The van der Waals surface area contributed by atoms with Gasteiger partial charge in [0.1, 0.15) is 5.75 Å². The van der Waals surface area contributed by atoms with E-state index in [-0.39, 0.29) is 18.1 Å². The molecule has 0 radical (unpaired) electrons. The van der Waals surface area contributed by atoms with Gasteiger partial charge in [-0.3, -0.25) is 4.79 Å². The van der Waals surface area contributed by atoms with Crippen molar-refractivity contribution in [3.63, 3.8) is 0 Å². The van der Waals surface area contributed by atoms with E-state index in [1.807, 2.05) is 0 Å². The number of carboxylic acids is 1. The molecular formula is C14H10F3NO3. The highest BCUT2D eigenvalue weighted by Crippen LogP contribution is 2.31. The Morgan fingerprint density at radius 3 is 2.67 bits per heavy atom. The van der Waals surface area contributed by atoms with Crippen molar-refractivity contribution in [3.8, 4) is 11.6 Å². The minimum atomic E-state index is -4.48. The standard InChI is InChI=1S/C14H10F3NO3/c15-14(16,17)10-4-5-18-12(8-10)21-11-3-1-2-9(6-11)7-13(19)20/h1-6,8H,7H2,(H,19,20). The largest absolute Gasteiger partial charge is 0.481 e. The maximum absolute atomic E-state index is 12.6. The summed E-state index contributed by atoms with van der Waals surface area (Å²) in [6.45, 7) is 0. The Labute approximate surface area is 117 Å². The number of aliphatic carboxylic acids is 1. The molecule has 0 aliphatic rings. The Balaban J connectivity index is 2.20. The highest BCUT2D eigenvalue weighted by Gasteiger charge is 2.31. The molecule has 0 saturated carbocycles. The van der Waals surface area contributed by atoms with Crippen LogP contribution in [0.25, 0.3) is 0 Å². The quantitative estimate of drug-likeness (QED) is 0.938. The number of ether oxygens (including phenoxy) is 1. The first-order valence-corrected chi connectivity index (χ1v) is 5.86. The van der Waals surface area contributed by atoms with E-state index in [1.54, 1.807) is 12.1 Å². The van der Waals surface area contributed by atoms with Gasteiger partial charge in [-0.15, -0.1) is 0 Å². The van der Waals surface area contributed by atoms with Crippen LogP contribution in [0.1, 0.15) is 11.1 Å². The maximum atomic E-state index is 12.6. The number of alkyl halides is 3. The predicted molar refractivity (Wildman–Crippen MR) is 67.1 cm³/mol. The van der Waals surface area contributed by atoms with Crippen molar-refractivity contribution in [2.24, 2.45) is 0 Å². The van der Waals surface area contributed by atoms with Crippen LogP contribution >= 0.6 is 0 Å². The molecule has 2 rings (SSSR count). The zero-order valence-corrected chi connectivity index (χ0v) is 10.6. The summed E-state index contributed by atoms with van der Waals surface area (Å²) in [6, 6.07) is 7.71. The lowest BCUT2D eigenvalue weighted by Gasteiger charge is -2.09. The first-order valence-electron chi connectivity index (χ1n) is 5.86. The number of benzene rings is 1. The van der Waals surface area contributed by atoms with E-state index < -0.39 is 17.7 Å². The van der Waals surface area contributed by atoms with Gasteiger partial charge in [-0.1, -0.05) is 12.1 Å². The summed E-state index contributed by atoms with van der Waals surface area (Å²) in [7, 11) is 0. The molecule has 0 aliphatic heterocycles. The average molecular weight is 297 g/mol. The Kier molecular flexibility index (Phi) is 4.11. The topological polar surface area (TPSA) is 59.4 Å². The van der Waals surface area contributed by atoms with E-state index in [2.05, 4.69) is 4.98 Å². The van der Waals surface area contributed by atoms with Crippen molar-refractivity contribution < 1.29 is 27.8 Å². The summed E-state index contributed by atoms with van der Waals surface area (Å²) in [4.78, 5) is 14.3. The highest BCUT2D eigenvalue weighted by atomic mass is 19.4. The summed E-state index contributed by atoms with van der Waals surface area (Å²) in [5.74, 6) is -0.998. The number of halogens is 3. The third-order valence-electron chi connectivity index (χ3n) is 2.54. The second-order valence-corrected chi connectivity index (χ2v) is 4.20. The first-order chi connectivity index (χ1) is 9.84. The van der Waals surface area contributed by atoms with Gasteiger partial charge >= 0.3 is 12.1 Å². The number of hydrogen-bond donors (Lipinski definition) is 1. The van der Waals surface area contributed by atoms with Crippen molar-refractivity contribution >= 4 is 5.97 Å². The molecule has 1 heterocycles. The van der Waals surface area contributed by atoms with Crippen molar-refractivity contribution in [2.75, 3.05) is 0 Å². The van der Waals surface area contributed by atoms with Crippen LogP contribution in [-0.2, 0) is 17.4 Å². The molecule has 0 spiro atoms. The number of pyridine rings is 1. The summed E-state index contributed by atoms with van der Waals surface area (Å²) < 4.78 is 42.9. The number of rotatable bonds is 4. The molecule has 0 bridgehead atoms. The third kappa shape index (κ3) is 4.20. The molecule has 1 N–H and O–H groups in total. The van der Waals surface area contributed by atoms with Crippen LogP contribution in [0, 0.1) is 0 Å². The Morgan fingerprint density at radius 2 is 2.00 bits per heavy atom. The number of nitrogens with zero attached hydrogens (tertiary/aromatic N) is 1. The molecule has 110 valence electrons. The Morgan fingerprint density at radius 1 is 1.24 bits per heavy atom. The van der Waals surface area contributed by atoms with Crippen molar-refractivity contribution in [3.05, 3.63) is 53.7 Å². The van der Waals surface area contributed by atoms with Crippen LogP contribution in [0.2, 0.25) is 0 Å². The van der Waals surface area contributed by atoms with Crippen LogP contribution in [0.15, 0.2) is 42.6 Å². The van der Waals surface area contributed by atoms with E-state index >= 15 is 0 Å². The fourth-order valence-electron chi connectivity index (χ4n) is 1.66. The molecule has 0 atom stereocenters. The van der Waals surface area contributed by atoms with Crippen LogP contribution in [0.5, 0.6) is 11.6 Å². The van der Waals surface area contributed by atoms with Gasteiger partial charge in [-0.25, -0.2) is 4.98 Å². The number of hydrogen-bond acceptors (Lipinski definition) is 3. The van der Waals surface area contributed by atoms with Gasteiger partial charge in [0.25, 0.3) is 0 Å². The lowest BCUT2D eigenvalue weighted by molar-refractivity contribution is -0.138. The van der Waals surface area contributed by atoms with Gasteiger partial charge in [0.2, 0.25) is 5.88 Å². The fraction of sp³-hybridized carbons (Fsp3) is 0.143. The van der Waals surface area contributed by atoms with E-state index in [9.17, 15) is 18.0 Å². The minimum absolute atomic E-state index is 0.201. The van der Waals surface area contributed by atoms with E-state index in [4.69, 9.17) is 9.84 Å². The van der Waals surface area contributed by atoms with Gasteiger partial charge in [0.15, 0.2) is 0 Å². The molecule has 4 nitrogen and oxygen atoms in total. The lowest BCUT2D eigenvalue weighted by Crippen LogP contribution is -2.05. The monoisotopic (exact) mass is 297 g/mol. The van der Waals surface area contributed by atoms with Gasteiger partial charge in [-0.05, 0) is 23.8 Å². The predicted octanol–water partition coefficient (Wildman–Crippen LogP) is 3.52. The average Bonchev–Trinajstić information content (AvgIpc) is 2.37. The van der Waals surface area contributed by atoms with Crippen molar-refractivity contribution in [1.29, 1.82) is 0 Å². The van der Waals surface area contributed by atoms with Crippen molar-refractivity contribution in [2.45, 2.75) is 12.6 Å². The minimum Gasteiger partial charge on any atom is -0.481 e. The fourth-order valence-corrected chi connectivity index (χ4v) is 1.66. The van der Waals surface area contributed by atoms with E-state index in [1.165, 1.54) is 12.1 Å². The molecule has 0 aliphatic carbocycles. The number of carboxylic acid groups (broad SMARTS) is 1. The van der Waals surface area contributed by atoms with Crippen LogP contribution < -0.4 is 4.74 Å². The van der Waals surface area contributed by atoms with Crippen LogP contribution in [-0.4, -0.2) is 16.1 Å². The highest BCUT2D eigenvalue weighted by molar-refractivity contribution is 5.70. The Bertz CT molecular complexity index is 656. The van der Waals surface area contributed by atoms with Gasteiger partial charge < -0.3 is 9.84 Å². The first kappa shape index (κ1) is 14.8. The molecule has 0 fully saturated rings. The molecule has 0 unspecified atom stereocenters. The van der Waals surface area contributed by atoms with Gasteiger partial charge in [0.05, 0.1) is 12.0 Å². The second kappa shape index (κ2) is 5.82. The molecule has 1 aromatic carbocycles. The molecule has 2 aromatic rings. The van der Waals surface area contributed by atoms with E-state index in [0.29, 0.717) is 5.56 Å².